The van der Waals surface area contributed by atoms with E-state index in [-0.39, 0.29) is 0 Å². The van der Waals surface area contributed by atoms with E-state index in [1.54, 1.807) is 11.8 Å². The van der Waals surface area contributed by atoms with Gasteiger partial charge in [-0.2, -0.15) is 5.10 Å². The van der Waals surface area contributed by atoms with E-state index in [9.17, 15) is 0 Å². The van der Waals surface area contributed by atoms with Crippen LogP contribution < -0.4 is 5.01 Å². The summed E-state index contributed by atoms with van der Waals surface area (Å²) >= 11 is 5.22. The minimum atomic E-state index is 1.03. The Morgan fingerprint density at radius 2 is 1.89 bits per heavy atom. The Kier molecular flexibility index (Phi) is 3.14. The van der Waals surface area contributed by atoms with Crippen LogP contribution in [-0.2, 0) is 0 Å². The molecule has 0 N–H and O–H groups in total. The molecule has 18 heavy (non-hydrogen) atoms. The van der Waals surface area contributed by atoms with Crippen LogP contribution in [0.2, 0.25) is 0 Å². The van der Waals surface area contributed by atoms with E-state index in [1.165, 1.54) is 4.90 Å². The Bertz CT molecular complexity index is 610. The smallest absolute Gasteiger partial charge is 0.129 e. The van der Waals surface area contributed by atoms with Gasteiger partial charge in [0.15, 0.2) is 0 Å². The standard InChI is InChI=1S/C14H11BrN2S/c1-17-12-8-7-11(15)9-13(12)18-14(16-17)10-5-3-2-4-6-10/h2-9H,1H3. The van der Waals surface area contributed by atoms with Crippen LogP contribution in [-0.4, -0.2) is 12.1 Å². The minimum absolute atomic E-state index is 1.03. The van der Waals surface area contributed by atoms with Crippen molar-refractivity contribution in [3.63, 3.8) is 0 Å². The van der Waals surface area contributed by atoms with Gasteiger partial charge in [0, 0.05) is 22.0 Å². The first-order valence-corrected chi connectivity index (χ1v) is 7.20. The van der Waals surface area contributed by atoms with Crippen molar-refractivity contribution in [1.29, 1.82) is 0 Å². The first-order valence-electron chi connectivity index (χ1n) is 5.59. The molecule has 2 aromatic rings. The van der Waals surface area contributed by atoms with E-state index in [2.05, 4.69) is 45.3 Å². The van der Waals surface area contributed by atoms with Gasteiger partial charge < -0.3 is 0 Å². The number of halogens is 1. The second-order valence-electron chi connectivity index (χ2n) is 4.01. The number of anilines is 1. The monoisotopic (exact) mass is 318 g/mol. The molecule has 0 atom stereocenters. The Morgan fingerprint density at radius 3 is 2.67 bits per heavy atom. The second-order valence-corrected chi connectivity index (χ2v) is 5.96. The Labute approximate surface area is 119 Å². The fourth-order valence-corrected chi connectivity index (χ4v) is 3.48. The number of hydrogen-bond donors (Lipinski definition) is 0. The Morgan fingerprint density at radius 1 is 1.11 bits per heavy atom. The molecule has 2 aromatic carbocycles. The third-order valence-corrected chi connectivity index (χ3v) is 4.29. The summed E-state index contributed by atoms with van der Waals surface area (Å²) in [4.78, 5) is 1.22. The van der Waals surface area contributed by atoms with Crippen molar-refractivity contribution < 1.29 is 0 Å². The summed E-state index contributed by atoms with van der Waals surface area (Å²) in [5.74, 6) is 0. The van der Waals surface area contributed by atoms with Crippen LogP contribution in [0, 0.1) is 0 Å². The fraction of sp³-hybridized carbons (Fsp3) is 0.0714. The van der Waals surface area contributed by atoms with Crippen LogP contribution in [0.1, 0.15) is 5.56 Å². The number of nitrogens with zero attached hydrogens (tertiary/aromatic N) is 2. The van der Waals surface area contributed by atoms with Crippen molar-refractivity contribution in [1.82, 2.24) is 0 Å². The normalized spacial score (nSPS) is 14.1. The number of thioether (sulfide) groups is 1. The predicted molar refractivity (Wildman–Crippen MR) is 81.4 cm³/mol. The molecule has 0 radical (unpaired) electrons. The highest BCUT2D eigenvalue weighted by molar-refractivity contribution is 9.10. The predicted octanol–water partition coefficient (Wildman–Crippen LogP) is 4.35. The fourth-order valence-electron chi connectivity index (χ4n) is 1.85. The molecular formula is C14H11BrN2S. The van der Waals surface area contributed by atoms with Crippen LogP contribution in [0.25, 0.3) is 0 Å². The lowest BCUT2D eigenvalue weighted by Crippen LogP contribution is -2.17. The van der Waals surface area contributed by atoms with E-state index in [0.717, 1.165) is 20.8 Å². The summed E-state index contributed by atoms with van der Waals surface area (Å²) in [5, 5.41) is 7.58. The third kappa shape index (κ3) is 2.18. The van der Waals surface area contributed by atoms with Crippen molar-refractivity contribution in [3.8, 4) is 0 Å². The van der Waals surface area contributed by atoms with Crippen LogP contribution in [0.4, 0.5) is 5.69 Å². The quantitative estimate of drug-likeness (QED) is 0.776. The van der Waals surface area contributed by atoms with Crippen LogP contribution in [0.3, 0.4) is 0 Å². The summed E-state index contributed by atoms with van der Waals surface area (Å²) in [5.41, 5.74) is 2.29. The molecule has 4 heteroatoms. The van der Waals surface area contributed by atoms with Gasteiger partial charge in [-0.3, -0.25) is 5.01 Å². The molecule has 0 saturated heterocycles. The van der Waals surface area contributed by atoms with Gasteiger partial charge in [0.1, 0.15) is 5.04 Å². The molecule has 2 nitrogen and oxygen atoms in total. The lowest BCUT2D eigenvalue weighted by atomic mass is 10.2. The topological polar surface area (TPSA) is 15.6 Å². The number of rotatable bonds is 1. The van der Waals surface area contributed by atoms with Crippen molar-refractivity contribution in [2.45, 2.75) is 4.90 Å². The molecule has 0 bridgehead atoms. The van der Waals surface area contributed by atoms with Gasteiger partial charge in [-0.1, -0.05) is 58.0 Å². The highest BCUT2D eigenvalue weighted by Crippen LogP contribution is 2.38. The zero-order chi connectivity index (χ0) is 12.5. The van der Waals surface area contributed by atoms with Crippen LogP contribution in [0.15, 0.2) is 63.0 Å². The summed E-state index contributed by atoms with van der Waals surface area (Å²) in [7, 11) is 1.98. The largest absolute Gasteiger partial charge is 0.266 e. The molecule has 0 unspecified atom stereocenters. The maximum atomic E-state index is 4.62. The molecule has 1 aliphatic heterocycles. The van der Waals surface area contributed by atoms with Gasteiger partial charge in [0.05, 0.1) is 5.69 Å². The third-order valence-electron chi connectivity index (χ3n) is 2.74. The van der Waals surface area contributed by atoms with Gasteiger partial charge in [0.2, 0.25) is 0 Å². The first kappa shape index (κ1) is 11.8. The van der Waals surface area contributed by atoms with Crippen molar-refractivity contribution in [2.24, 2.45) is 5.10 Å². The number of benzene rings is 2. The molecule has 0 aromatic heterocycles. The highest BCUT2D eigenvalue weighted by atomic mass is 79.9. The molecule has 0 amide bonds. The molecule has 3 rings (SSSR count). The molecule has 1 aliphatic rings. The van der Waals surface area contributed by atoms with Crippen LogP contribution in [0.5, 0.6) is 0 Å². The van der Waals surface area contributed by atoms with Gasteiger partial charge in [-0.15, -0.1) is 0 Å². The number of hydrazone groups is 1. The van der Waals surface area contributed by atoms with Gasteiger partial charge in [-0.05, 0) is 18.2 Å². The lowest BCUT2D eigenvalue weighted by molar-refractivity contribution is 0.993. The molecular weight excluding hydrogens is 308 g/mol. The maximum Gasteiger partial charge on any atom is 0.129 e. The average molecular weight is 319 g/mol. The number of hydrogen-bond acceptors (Lipinski definition) is 3. The molecule has 0 aliphatic carbocycles. The van der Waals surface area contributed by atoms with Gasteiger partial charge in [0.25, 0.3) is 0 Å². The van der Waals surface area contributed by atoms with Gasteiger partial charge >= 0.3 is 0 Å². The Hall–Kier alpha value is -1.26. The molecule has 0 spiro atoms. The average Bonchev–Trinajstić information content (AvgIpc) is 2.39. The van der Waals surface area contributed by atoms with Crippen molar-refractivity contribution in [2.75, 3.05) is 12.1 Å². The van der Waals surface area contributed by atoms with E-state index < -0.39 is 0 Å². The molecule has 1 heterocycles. The first-order chi connectivity index (χ1) is 8.74. The SMILES string of the molecule is CN1N=C(c2ccccc2)Sc2cc(Br)ccc21. The maximum absolute atomic E-state index is 4.62. The number of fused-ring (bicyclic) bond motifs is 1. The zero-order valence-electron chi connectivity index (χ0n) is 9.80. The van der Waals surface area contributed by atoms with E-state index in [0.29, 0.717) is 0 Å². The van der Waals surface area contributed by atoms with E-state index in [4.69, 9.17) is 0 Å². The van der Waals surface area contributed by atoms with Crippen molar-refractivity contribution in [3.05, 3.63) is 58.6 Å². The van der Waals surface area contributed by atoms with E-state index in [1.807, 2.05) is 36.3 Å². The minimum Gasteiger partial charge on any atom is -0.266 e. The highest BCUT2D eigenvalue weighted by Gasteiger charge is 2.18. The molecule has 0 saturated carbocycles. The summed E-state index contributed by atoms with van der Waals surface area (Å²) < 4.78 is 1.09. The lowest BCUT2D eigenvalue weighted by Gasteiger charge is -2.24. The molecule has 90 valence electrons. The zero-order valence-corrected chi connectivity index (χ0v) is 12.2. The van der Waals surface area contributed by atoms with Crippen molar-refractivity contribution >= 4 is 38.4 Å². The van der Waals surface area contributed by atoms with E-state index >= 15 is 0 Å². The summed E-state index contributed by atoms with van der Waals surface area (Å²) in [6, 6.07) is 16.5. The molecule has 0 fully saturated rings. The second kappa shape index (κ2) is 4.78. The van der Waals surface area contributed by atoms with Crippen LogP contribution >= 0.6 is 27.7 Å². The summed E-state index contributed by atoms with van der Waals surface area (Å²) in [6.07, 6.45) is 0. The Balaban J connectivity index is 2.03. The summed E-state index contributed by atoms with van der Waals surface area (Å²) in [6.45, 7) is 0. The van der Waals surface area contributed by atoms with Gasteiger partial charge in [-0.25, -0.2) is 0 Å².